The number of anilines is 1. The summed E-state index contributed by atoms with van der Waals surface area (Å²) in [6.45, 7) is 1.85. The van der Waals surface area contributed by atoms with Crippen LogP contribution in [0.15, 0.2) is 23.4 Å². The summed E-state index contributed by atoms with van der Waals surface area (Å²) in [5, 5.41) is 9.37. The number of hydrogen-bond acceptors (Lipinski definition) is 4. The van der Waals surface area contributed by atoms with Crippen molar-refractivity contribution < 1.29 is 14.0 Å². The maximum absolute atomic E-state index is 13.6. The molecular weight excluding hydrogens is 249 g/mol. The van der Waals surface area contributed by atoms with E-state index in [-0.39, 0.29) is 17.8 Å². The highest BCUT2D eigenvalue weighted by atomic mass is 19.1. The molecule has 0 aliphatic carbocycles. The van der Waals surface area contributed by atoms with Crippen LogP contribution in [0, 0.1) is 5.82 Å². The zero-order valence-electron chi connectivity index (χ0n) is 10.9. The van der Waals surface area contributed by atoms with Gasteiger partial charge in [0.15, 0.2) is 0 Å². The van der Waals surface area contributed by atoms with Gasteiger partial charge in [-0.05, 0) is 12.1 Å². The van der Waals surface area contributed by atoms with Crippen molar-refractivity contribution >= 4 is 17.3 Å². The highest BCUT2D eigenvalue weighted by Gasteiger charge is 2.22. The van der Waals surface area contributed by atoms with Gasteiger partial charge in [0.1, 0.15) is 11.9 Å². The van der Waals surface area contributed by atoms with Crippen molar-refractivity contribution in [3.8, 4) is 0 Å². The third-order valence-electron chi connectivity index (χ3n) is 2.88. The summed E-state index contributed by atoms with van der Waals surface area (Å²) in [6, 6.07) is 4.88. The SMILES string of the molecule is CNc1ccc(C2=NOC(CNC(C)=O)C2)cc1F. The Kier molecular flexibility index (Phi) is 3.99. The summed E-state index contributed by atoms with van der Waals surface area (Å²) in [5.41, 5.74) is 1.83. The molecule has 102 valence electrons. The minimum absolute atomic E-state index is 0.110. The van der Waals surface area contributed by atoms with Gasteiger partial charge in [0, 0.05) is 26.0 Å². The Morgan fingerprint density at radius 1 is 1.58 bits per heavy atom. The van der Waals surface area contributed by atoms with Crippen LogP contribution in [0.25, 0.3) is 0 Å². The fourth-order valence-electron chi connectivity index (χ4n) is 1.86. The van der Waals surface area contributed by atoms with Gasteiger partial charge in [0.25, 0.3) is 0 Å². The number of amides is 1. The molecule has 0 saturated heterocycles. The number of oxime groups is 1. The molecule has 1 atom stereocenters. The van der Waals surface area contributed by atoms with Gasteiger partial charge in [-0.15, -0.1) is 0 Å². The lowest BCUT2D eigenvalue weighted by molar-refractivity contribution is -0.119. The number of hydrogen-bond donors (Lipinski definition) is 2. The molecule has 2 rings (SSSR count). The topological polar surface area (TPSA) is 62.7 Å². The number of carbonyl (C=O) groups excluding carboxylic acids is 1. The van der Waals surface area contributed by atoms with Gasteiger partial charge in [0.2, 0.25) is 5.91 Å². The standard InChI is InChI=1S/C13H16FN3O2/c1-8(18)16-7-10-6-13(17-19-10)9-3-4-12(15-2)11(14)5-9/h3-5,10,15H,6-7H2,1-2H3,(H,16,18). The van der Waals surface area contributed by atoms with Gasteiger partial charge in [-0.1, -0.05) is 11.2 Å². The second-order valence-electron chi connectivity index (χ2n) is 4.35. The van der Waals surface area contributed by atoms with Crippen molar-refractivity contribution in [1.29, 1.82) is 0 Å². The number of benzene rings is 1. The highest BCUT2D eigenvalue weighted by molar-refractivity contribution is 6.01. The smallest absolute Gasteiger partial charge is 0.217 e. The zero-order chi connectivity index (χ0) is 13.8. The molecule has 0 radical (unpaired) electrons. The van der Waals surface area contributed by atoms with Gasteiger partial charge < -0.3 is 15.5 Å². The minimum Gasteiger partial charge on any atom is -0.390 e. The maximum Gasteiger partial charge on any atom is 0.217 e. The Hall–Kier alpha value is -2.11. The van der Waals surface area contributed by atoms with Gasteiger partial charge in [0.05, 0.1) is 17.9 Å². The van der Waals surface area contributed by atoms with Crippen molar-refractivity contribution in [2.75, 3.05) is 18.9 Å². The van der Waals surface area contributed by atoms with E-state index in [1.54, 1.807) is 19.2 Å². The summed E-state index contributed by atoms with van der Waals surface area (Å²) in [6.07, 6.45) is 0.365. The minimum atomic E-state index is -0.326. The van der Waals surface area contributed by atoms with E-state index in [0.29, 0.717) is 29.9 Å². The van der Waals surface area contributed by atoms with Crippen molar-refractivity contribution in [2.45, 2.75) is 19.4 Å². The zero-order valence-corrected chi connectivity index (χ0v) is 10.9. The average molecular weight is 265 g/mol. The second kappa shape index (κ2) is 5.69. The quantitative estimate of drug-likeness (QED) is 0.867. The Balaban J connectivity index is 2.00. The molecular formula is C13H16FN3O2. The Bertz CT molecular complexity index is 517. The van der Waals surface area contributed by atoms with E-state index in [0.717, 1.165) is 0 Å². The lowest BCUT2D eigenvalue weighted by Crippen LogP contribution is -2.30. The van der Waals surface area contributed by atoms with Gasteiger partial charge in [-0.25, -0.2) is 4.39 Å². The second-order valence-corrected chi connectivity index (χ2v) is 4.35. The fraction of sp³-hybridized carbons (Fsp3) is 0.385. The van der Waals surface area contributed by atoms with E-state index in [1.165, 1.54) is 13.0 Å². The molecule has 5 nitrogen and oxygen atoms in total. The van der Waals surface area contributed by atoms with Crippen LogP contribution in [0.4, 0.5) is 10.1 Å². The number of rotatable bonds is 4. The van der Waals surface area contributed by atoms with E-state index in [4.69, 9.17) is 4.84 Å². The van der Waals surface area contributed by atoms with Crippen LogP contribution >= 0.6 is 0 Å². The molecule has 2 N–H and O–H groups in total. The van der Waals surface area contributed by atoms with Crippen LogP contribution in [0.2, 0.25) is 0 Å². The van der Waals surface area contributed by atoms with Crippen LogP contribution in [0.3, 0.4) is 0 Å². The molecule has 1 amide bonds. The van der Waals surface area contributed by atoms with E-state index < -0.39 is 0 Å². The first-order chi connectivity index (χ1) is 9.10. The lowest BCUT2D eigenvalue weighted by atomic mass is 10.0. The Morgan fingerprint density at radius 2 is 2.37 bits per heavy atom. The van der Waals surface area contributed by atoms with E-state index in [2.05, 4.69) is 15.8 Å². The van der Waals surface area contributed by atoms with Crippen LogP contribution in [0.1, 0.15) is 18.9 Å². The Morgan fingerprint density at radius 3 is 3.00 bits per heavy atom. The van der Waals surface area contributed by atoms with Crippen molar-refractivity contribution in [3.05, 3.63) is 29.6 Å². The first-order valence-electron chi connectivity index (χ1n) is 6.05. The van der Waals surface area contributed by atoms with Crippen LogP contribution in [-0.2, 0) is 9.63 Å². The van der Waals surface area contributed by atoms with Crippen molar-refractivity contribution in [3.63, 3.8) is 0 Å². The van der Waals surface area contributed by atoms with Gasteiger partial charge >= 0.3 is 0 Å². The van der Waals surface area contributed by atoms with Crippen molar-refractivity contribution in [1.82, 2.24) is 5.32 Å². The van der Waals surface area contributed by atoms with Crippen LogP contribution < -0.4 is 10.6 Å². The van der Waals surface area contributed by atoms with Crippen LogP contribution in [0.5, 0.6) is 0 Å². The molecule has 0 aromatic heterocycles. The average Bonchev–Trinajstić information content (AvgIpc) is 2.85. The summed E-state index contributed by atoms with van der Waals surface area (Å²) < 4.78 is 13.6. The molecule has 0 saturated carbocycles. The molecule has 1 aromatic carbocycles. The lowest BCUT2D eigenvalue weighted by Gasteiger charge is -2.08. The third kappa shape index (κ3) is 3.21. The number of carbonyl (C=O) groups is 1. The molecule has 0 spiro atoms. The molecule has 1 heterocycles. The molecule has 1 unspecified atom stereocenters. The molecule has 19 heavy (non-hydrogen) atoms. The monoisotopic (exact) mass is 265 g/mol. The van der Waals surface area contributed by atoms with Crippen LogP contribution in [-0.4, -0.2) is 31.3 Å². The van der Waals surface area contributed by atoms with Crippen molar-refractivity contribution in [2.24, 2.45) is 5.16 Å². The van der Waals surface area contributed by atoms with Gasteiger partial charge in [-0.3, -0.25) is 4.79 Å². The molecule has 0 bridgehead atoms. The molecule has 1 aromatic rings. The van der Waals surface area contributed by atoms with E-state index >= 15 is 0 Å². The largest absolute Gasteiger partial charge is 0.390 e. The molecule has 1 aliphatic rings. The number of nitrogens with zero attached hydrogens (tertiary/aromatic N) is 1. The van der Waals surface area contributed by atoms with E-state index in [9.17, 15) is 9.18 Å². The number of halogens is 1. The molecule has 1 aliphatic heterocycles. The molecule has 6 heteroatoms. The highest BCUT2D eigenvalue weighted by Crippen LogP contribution is 2.20. The first kappa shape index (κ1) is 13.3. The Labute approximate surface area is 110 Å². The molecule has 0 fully saturated rings. The maximum atomic E-state index is 13.6. The summed E-state index contributed by atoms with van der Waals surface area (Å²) in [5.74, 6) is -0.436. The third-order valence-corrected chi connectivity index (χ3v) is 2.88. The normalized spacial score (nSPS) is 17.6. The predicted octanol–water partition coefficient (Wildman–Crippen LogP) is 1.50. The van der Waals surface area contributed by atoms with Gasteiger partial charge in [-0.2, -0.15) is 0 Å². The fourth-order valence-corrected chi connectivity index (χ4v) is 1.86. The summed E-state index contributed by atoms with van der Waals surface area (Å²) in [4.78, 5) is 16.0. The summed E-state index contributed by atoms with van der Waals surface area (Å²) >= 11 is 0. The summed E-state index contributed by atoms with van der Waals surface area (Å²) in [7, 11) is 1.66. The number of nitrogens with one attached hydrogen (secondary N) is 2. The first-order valence-corrected chi connectivity index (χ1v) is 6.05. The van der Waals surface area contributed by atoms with E-state index in [1.807, 2.05) is 0 Å². The predicted molar refractivity (Wildman–Crippen MR) is 70.7 cm³/mol.